The summed E-state index contributed by atoms with van der Waals surface area (Å²) in [6.07, 6.45) is 3.67. The predicted molar refractivity (Wildman–Crippen MR) is 73.5 cm³/mol. The Hall–Kier alpha value is -0.840. The van der Waals surface area contributed by atoms with E-state index >= 15 is 0 Å². The van der Waals surface area contributed by atoms with Gasteiger partial charge in [-0.3, -0.25) is 0 Å². The van der Waals surface area contributed by atoms with Crippen molar-refractivity contribution in [3.63, 3.8) is 0 Å². The molecule has 1 aromatic heterocycles. The van der Waals surface area contributed by atoms with E-state index in [4.69, 9.17) is 4.74 Å². The van der Waals surface area contributed by atoms with Crippen LogP contribution in [-0.4, -0.2) is 22.1 Å². The fourth-order valence-corrected chi connectivity index (χ4v) is 1.35. The number of nitrogens with zero attached hydrogens (tertiary/aromatic N) is 2. The fraction of sp³-hybridized carbons (Fsp3) is 0.667. The zero-order chi connectivity index (χ0) is 12.9. The average molecular weight is 302 g/mol. The Kier molecular flexibility index (Phi) is 5.18. The summed E-state index contributed by atoms with van der Waals surface area (Å²) < 4.78 is 6.64. The van der Waals surface area contributed by atoms with Crippen LogP contribution < -0.4 is 10.1 Å². The SMILES string of the molecule is CCCNc1ncc(Br)c(OC(C)(C)CC)n1. The van der Waals surface area contributed by atoms with Gasteiger partial charge in [0.05, 0.1) is 10.7 Å². The zero-order valence-corrected chi connectivity index (χ0v) is 12.5. The molecule has 0 fully saturated rings. The van der Waals surface area contributed by atoms with Crippen molar-refractivity contribution in [2.24, 2.45) is 0 Å². The van der Waals surface area contributed by atoms with E-state index in [1.54, 1.807) is 6.20 Å². The summed E-state index contributed by atoms with van der Waals surface area (Å²) in [5.74, 6) is 1.20. The molecular weight excluding hydrogens is 282 g/mol. The van der Waals surface area contributed by atoms with E-state index in [1.807, 2.05) is 13.8 Å². The van der Waals surface area contributed by atoms with Gasteiger partial charge in [0.2, 0.25) is 11.8 Å². The quantitative estimate of drug-likeness (QED) is 0.871. The van der Waals surface area contributed by atoms with Crippen LogP contribution in [0.2, 0.25) is 0 Å². The van der Waals surface area contributed by atoms with E-state index in [2.05, 4.69) is 45.1 Å². The van der Waals surface area contributed by atoms with Crippen molar-refractivity contribution >= 4 is 21.9 Å². The fourth-order valence-electron chi connectivity index (χ4n) is 1.08. The van der Waals surface area contributed by atoms with E-state index in [9.17, 15) is 0 Å². The molecule has 0 bridgehead atoms. The highest BCUT2D eigenvalue weighted by atomic mass is 79.9. The van der Waals surface area contributed by atoms with Gasteiger partial charge >= 0.3 is 0 Å². The van der Waals surface area contributed by atoms with Gasteiger partial charge in [-0.1, -0.05) is 13.8 Å². The largest absolute Gasteiger partial charge is 0.471 e. The van der Waals surface area contributed by atoms with E-state index < -0.39 is 0 Å². The minimum atomic E-state index is -0.223. The maximum atomic E-state index is 5.86. The normalized spacial score (nSPS) is 11.4. The number of hydrogen-bond donors (Lipinski definition) is 1. The average Bonchev–Trinajstić information content (AvgIpc) is 2.30. The highest BCUT2D eigenvalue weighted by molar-refractivity contribution is 9.10. The molecule has 96 valence electrons. The highest BCUT2D eigenvalue weighted by Crippen LogP contribution is 2.27. The first kappa shape index (κ1) is 14.2. The summed E-state index contributed by atoms with van der Waals surface area (Å²) in [4.78, 5) is 8.53. The molecule has 0 aliphatic rings. The van der Waals surface area contributed by atoms with Gasteiger partial charge in [0.25, 0.3) is 0 Å². The minimum Gasteiger partial charge on any atom is -0.471 e. The summed E-state index contributed by atoms with van der Waals surface area (Å²) >= 11 is 3.40. The number of ether oxygens (including phenoxy) is 1. The van der Waals surface area contributed by atoms with Crippen molar-refractivity contribution in [2.45, 2.75) is 46.1 Å². The number of hydrogen-bond acceptors (Lipinski definition) is 4. The first-order valence-corrected chi connectivity index (χ1v) is 6.73. The molecule has 1 aromatic rings. The molecule has 0 saturated heterocycles. The molecule has 1 rings (SSSR count). The van der Waals surface area contributed by atoms with Gasteiger partial charge < -0.3 is 10.1 Å². The van der Waals surface area contributed by atoms with Gasteiger partial charge in [-0.15, -0.1) is 0 Å². The monoisotopic (exact) mass is 301 g/mol. The van der Waals surface area contributed by atoms with Crippen LogP contribution in [0.15, 0.2) is 10.7 Å². The minimum absolute atomic E-state index is 0.223. The van der Waals surface area contributed by atoms with Crippen LogP contribution in [0.25, 0.3) is 0 Å². The lowest BCUT2D eigenvalue weighted by Gasteiger charge is -2.24. The second kappa shape index (κ2) is 6.19. The molecule has 0 spiro atoms. The molecule has 0 aromatic carbocycles. The zero-order valence-electron chi connectivity index (χ0n) is 10.9. The maximum Gasteiger partial charge on any atom is 0.233 e. The summed E-state index contributed by atoms with van der Waals surface area (Å²) in [7, 11) is 0. The van der Waals surface area contributed by atoms with Crippen LogP contribution in [0.1, 0.15) is 40.5 Å². The van der Waals surface area contributed by atoms with Crippen molar-refractivity contribution in [3.05, 3.63) is 10.7 Å². The lowest BCUT2D eigenvalue weighted by Crippen LogP contribution is -2.27. The number of halogens is 1. The molecule has 0 unspecified atom stereocenters. The molecule has 0 amide bonds. The highest BCUT2D eigenvalue weighted by Gasteiger charge is 2.19. The summed E-state index contributed by atoms with van der Waals surface area (Å²) in [5, 5.41) is 3.14. The molecule has 1 heterocycles. The van der Waals surface area contributed by atoms with Crippen molar-refractivity contribution in [2.75, 3.05) is 11.9 Å². The third kappa shape index (κ3) is 4.50. The van der Waals surface area contributed by atoms with Crippen LogP contribution in [0.4, 0.5) is 5.95 Å². The van der Waals surface area contributed by atoms with Gasteiger partial charge in [-0.2, -0.15) is 4.98 Å². The molecular formula is C12H20BrN3O. The Labute approximate surface area is 111 Å². The molecule has 0 radical (unpaired) electrons. The molecule has 0 aliphatic carbocycles. The Morgan fingerprint density at radius 2 is 2.12 bits per heavy atom. The maximum absolute atomic E-state index is 5.86. The van der Waals surface area contributed by atoms with E-state index in [-0.39, 0.29) is 5.60 Å². The van der Waals surface area contributed by atoms with Crippen LogP contribution in [0, 0.1) is 0 Å². The van der Waals surface area contributed by atoms with E-state index in [0.717, 1.165) is 23.9 Å². The first-order chi connectivity index (χ1) is 7.98. The van der Waals surface area contributed by atoms with Gasteiger partial charge in [0.15, 0.2) is 0 Å². The third-order valence-electron chi connectivity index (χ3n) is 2.47. The molecule has 0 atom stereocenters. The first-order valence-electron chi connectivity index (χ1n) is 5.94. The lowest BCUT2D eigenvalue weighted by molar-refractivity contribution is 0.0979. The second-order valence-corrected chi connectivity index (χ2v) is 5.34. The van der Waals surface area contributed by atoms with Crippen LogP contribution >= 0.6 is 15.9 Å². The van der Waals surface area contributed by atoms with Crippen LogP contribution in [0.3, 0.4) is 0 Å². The number of nitrogens with one attached hydrogen (secondary N) is 1. The van der Waals surface area contributed by atoms with Crippen molar-refractivity contribution in [3.8, 4) is 5.88 Å². The number of aromatic nitrogens is 2. The third-order valence-corrected chi connectivity index (χ3v) is 3.01. The Bertz CT molecular complexity index is 369. The summed E-state index contributed by atoms with van der Waals surface area (Å²) in [6, 6.07) is 0. The summed E-state index contributed by atoms with van der Waals surface area (Å²) in [6.45, 7) is 9.13. The number of anilines is 1. The summed E-state index contributed by atoms with van der Waals surface area (Å²) in [5.41, 5.74) is -0.223. The van der Waals surface area contributed by atoms with E-state index in [0.29, 0.717) is 11.8 Å². The van der Waals surface area contributed by atoms with Gasteiger partial charge in [-0.25, -0.2) is 4.98 Å². The standard InChI is InChI=1S/C12H20BrN3O/c1-5-7-14-11-15-8-9(13)10(16-11)17-12(3,4)6-2/h8H,5-7H2,1-4H3,(H,14,15,16). The Morgan fingerprint density at radius 1 is 1.41 bits per heavy atom. The van der Waals surface area contributed by atoms with Crippen LogP contribution in [0.5, 0.6) is 5.88 Å². The molecule has 0 aliphatic heterocycles. The second-order valence-electron chi connectivity index (χ2n) is 4.49. The lowest BCUT2D eigenvalue weighted by atomic mass is 10.1. The molecule has 17 heavy (non-hydrogen) atoms. The van der Waals surface area contributed by atoms with Crippen molar-refractivity contribution in [1.29, 1.82) is 0 Å². The topological polar surface area (TPSA) is 47.0 Å². The van der Waals surface area contributed by atoms with E-state index in [1.165, 1.54) is 0 Å². The van der Waals surface area contributed by atoms with Gasteiger partial charge in [0.1, 0.15) is 5.60 Å². The van der Waals surface area contributed by atoms with Crippen molar-refractivity contribution in [1.82, 2.24) is 9.97 Å². The van der Waals surface area contributed by atoms with Gasteiger partial charge in [0, 0.05) is 6.54 Å². The Morgan fingerprint density at radius 3 is 2.71 bits per heavy atom. The predicted octanol–water partition coefficient (Wildman–Crippen LogP) is 3.63. The molecule has 0 saturated carbocycles. The molecule has 5 heteroatoms. The number of rotatable bonds is 6. The molecule has 4 nitrogen and oxygen atoms in total. The van der Waals surface area contributed by atoms with Gasteiger partial charge in [-0.05, 0) is 42.6 Å². The molecule has 1 N–H and O–H groups in total. The van der Waals surface area contributed by atoms with Crippen LogP contribution in [-0.2, 0) is 0 Å². The smallest absolute Gasteiger partial charge is 0.233 e. The Balaban J connectivity index is 2.83. The van der Waals surface area contributed by atoms with Crippen molar-refractivity contribution < 1.29 is 4.74 Å².